The lowest BCUT2D eigenvalue weighted by molar-refractivity contribution is 1.05. The van der Waals surface area contributed by atoms with Crippen LogP contribution in [-0.4, -0.2) is 9.55 Å². The number of imidazole rings is 1. The maximum Gasteiger partial charge on any atom is 0.136 e. The van der Waals surface area contributed by atoms with Gasteiger partial charge < -0.3 is 4.57 Å². The minimum absolute atomic E-state index is 0.856. The average Bonchev–Trinajstić information content (AvgIpc) is 2.28. The molecule has 58 valence electrons. The van der Waals surface area contributed by atoms with Gasteiger partial charge in [0.2, 0.25) is 0 Å². The minimum Gasteiger partial charge on any atom is -0.305 e. The van der Waals surface area contributed by atoms with E-state index in [2.05, 4.69) is 18.1 Å². The van der Waals surface area contributed by atoms with Crippen molar-refractivity contribution < 1.29 is 0 Å². The number of rotatable bonds is 2. The third kappa shape index (κ3) is 1.11. The fourth-order valence-electron chi connectivity index (χ4n) is 1.03. The molecule has 1 rings (SSSR count). The Kier molecular flexibility index (Phi) is 1.94. The molecule has 0 amide bonds. The van der Waals surface area contributed by atoms with Crippen LogP contribution in [-0.2, 0) is 0 Å². The van der Waals surface area contributed by atoms with Crippen LogP contribution in [0.15, 0.2) is 13.2 Å². The van der Waals surface area contributed by atoms with Crippen LogP contribution < -0.4 is 0 Å². The highest BCUT2D eigenvalue weighted by molar-refractivity contribution is 5.45. The molecule has 11 heavy (non-hydrogen) atoms. The largest absolute Gasteiger partial charge is 0.305 e. The third-order valence-corrected chi connectivity index (χ3v) is 1.78. The van der Waals surface area contributed by atoms with E-state index in [0.717, 1.165) is 17.2 Å². The number of aromatic nitrogens is 2. The molecular formula is C9H12N2. The predicted octanol–water partition coefficient (Wildman–Crippen LogP) is 2.24. The fraction of sp³-hybridized carbons (Fsp3) is 0.222. The van der Waals surface area contributed by atoms with E-state index in [4.69, 9.17) is 0 Å². The molecule has 2 nitrogen and oxygen atoms in total. The Balaban J connectivity index is 3.37. The Morgan fingerprint density at radius 3 is 2.36 bits per heavy atom. The van der Waals surface area contributed by atoms with Crippen LogP contribution in [0.4, 0.5) is 0 Å². The van der Waals surface area contributed by atoms with E-state index in [0.29, 0.717) is 0 Å². The van der Waals surface area contributed by atoms with Gasteiger partial charge in [0, 0.05) is 11.9 Å². The number of nitrogens with zero attached hydrogens (tertiary/aromatic N) is 2. The van der Waals surface area contributed by atoms with E-state index in [9.17, 15) is 0 Å². The lowest BCUT2D eigenvalue weighted by atomic mass is 10.4. The summed E-state index contributed by atoms with van der Waals surface area (Å²) >= 11 is 0. The van der Waals surface area contributed by atoms with Crippen molar-refractivity contribution in [1.82, 2.24) is 9.55 Å². The summed E-state index contributed by atoms with van der Waals surface area (Å²) in [6.45, 7) is 11.3. The molecule has 0 aliphatic heterocycles. The second-order valence-corrected chi connectivity index (χ2v) is 2.40. The van der Waals surface area contributed by atoms with Crippen LogP contribution in [0.25, 0.3) is 12.3 Å². The molecule has 0 fully saturated rings. The smallest absolute Gasteiger partial charge is 0.136 e. The van der Waals surface area contributed by atoms with E-state index in [-0.39, 0.29) is 0 Å². The summed E-state index contributed by atoms with van der Waals surface area (Å²) in [5.74, 6) is 0.856. The van der Waals surface area contributed by atoms with Gasteiger partial charge >= 0.3 is 0 Å². The lowest BCUT2D eigenvalue weighted by Crippen LogP contribution is -1.91. The van der Waals surface area contributed by atoms with Gasteiger partial charge in [0.25, 0.3) is 0 Å². The van der Waals surface area contributed by atoms with E-state index < -0.39 is 0 Å². The topological polar surface area (TPSA) is 17.8 Å². The van der Waals surface area contributed by atoms with Crippen LogP contribution in [0.2, 0.25) is 0 Å². The highest BCUT2D eigenvalue weighted by Crippen LogP contribution is 2.10. The van der Waals surface area contributed by atoms with Crippen LogP contribution in [0.1, 0.15) is 17.2 Å². The molecule has 0 aliphatic carbocycles. The zero-order valence-electron chi connectivity index (χ0n) is 6.96. The molecule has 0 spiro atoms. The number of hydrogen-bond acceptors (Lipinski definition) is 1. The van der Waals surface area contributed by atoms with Gasteiger partial charge in [0.05, 0.1) is 5.69 Å². The van der Waals surface area contributed by atoms with Crippen molar-refractivity contribution in [2.45, 2.75) is 13.8 Å². The monoisotopic (exact) mass is 148 g/mol. The van der Waals surface area contributed by atoms with Crippen LogP contribution in [0.5, 0.6) is 0 Å². The average molecular weight is 148 g/mol. The first-order chi connectivity index (χ1) is 5.20. The van der Waals surface area contributed by atoms with Gasteiger partial charge in [0.1, 0.15) is 5.82 Å². The highest BCUT2D eigenvalue weighted by Gasteiger charge is 2.03. The van der Waals surface area contributed by atoms with E-state index >= 15 is 0 Å². The number of aryl methyl sites for hydroxylation is 1. The first-order valence-corrected chi connectivity index (χ1v) is 3.51. The third-order valence-electron chi connectivity index (χ3n) is 1.78. The Labute approximate surface area is 66.9 Å². The van der Waals surface area contributed by atoms with Gasteiger partial charge in [-0.2, -0.15) is 0 Å². The summed E-state index contributed by atoms with van der Waals surface area (Å²) in [6, 6.07) is 0. The van der Waals surface area contributed by atoms with Gasteiger partial charge in [-0.25, -0.2) is 4.98 Å². The maximum absolute atomic E-state index is 4.27. The molecule has 0 saturated carbocycles. The first kappa shape index (κ1) is 7.79. The second kappa shape index (κ2) is 2.74. The van der Waals surface area contributed by atoms with Crippen LogP contribution in [0.3, 0.4) is 0 Å². The SMILES string of the molecule is C=Cc1nc(C)c(C)n1C=C. The second-order valence-electron chi connectivity index (χ2n) is 2.40. The van der Waals surface area contributed by atoms with Gasteiger partial charge in [-0.1, -0.05) is 13.2 Å². The van der Waals surface area contributed by atoms with Crippen LogP contribution >= 0.6 is 0 Å². The molecule has 1 heterocycles. The fourth-order valence-corrected chi connectivity index (χ4v) is 1.03. The first-order valence-electron chi connectivity index (χ1n) is 3.51. The Morgan fingerprint density at radius 1 is 1.36 bits per heavy atom. The van der Waals surface area contributed by atoms with Crippen molar-refractivity contribution in [1.29, 1.82) is 0 Å². The molecule has 1 aromatic rings. The van der Waals surface area contributed by atoms with Crippen molar-refractivity contribution in [2.75, 3.05) is 0 Å². The summed E-state index contributed by atoms with van der Waals surface area (Å²) < 4.78 is 1.92. The quantitative estimate of drug-likeness (QED) is 0.629. The van der Waals surface area contributed by atoms with Crippen LogP contribution in [0, 0.1) is 13.8 Å². The molecule has 0 N–H and O–H groups in total. The number of hydrogen-bond donors (Lipinski definition) is 0. The molecule has 0 radical (unpaired) electrons. The molecule has 0 unspecified atom stereocenters. The van der Waals surface area contributed by atoms with Gasteiger partial charge in [-0.05, 0) is 19.9 Å². The van der Waals surface area contributed by atoms with Gasteiger partial charge in [0.15, 0.2) is 0 Å². The summed E-state index contributed by atoms with van der Waals surface area (Å²) in [6.07, 6.45) is 3.47. The summed E-state index contributed by atoms with van der Waals surface area (Å²) in [4.78, 5) is 4.27. The molecule has 2 heteroatoms. The summed E-state index contributed by atoms with van der Waals surface area (Å²) in [7, 11) is 0. The molecule has 0 saturated heterocycles. The Hall–Kier alpha value is -1.31. The van der Waals surface area contributed by atoms with Crippen molar-refractivity contribution in [3.63, 3.8) is 0 Å². The van der Waals surface area contributed by atoms with Gasteiger partial charge in [-0.15, -0.1) is 0 Å². The van der Waals surface area contributed by atoms with Crippen molar-refractivity contribution >= 4 is 12.3 Å². The summed E-state index contributed by atoms with van der Waals surface area (Å²) in [5, 5.41) is 0. The van der Waals surface area contributed by atoms with Crippen molar-refractivity contribution in [3.05, 3.63) is 30.4 Å². The molecule has 1 aromatic heterocycles. The predicted molar refractivity (Wildman–Crippen MR) is 48.2 cm³/mol. The van der Waals surface area contributed by atoms with Crippen molar-refractivity contribution in [2.24, 2.45) is 0 Å². The maximum atomic E-state index is 4.27. The summed E-state index contributed by atoms with van der Waals surface area (Å²) in [5.41, 5.74) is 2.15. The standard InChI is InChI=1S/C9H12N2/c1-5-9-10-7(3)8(4)11(9)6-2/h5-6H,1-2H2,3-4H3. The minimum atomic E-state index is 0.856. The molecular weight excluding hydrogens is 136 g/mol. The Morgan fingerprint density at radius 2 is 2.00 bits per heavy atom. The van der Waals surface area contributed by atoms with E-state index in [1.807, 2.05) is 18.4 Å². The van der Waals surface area contributed by atoms with E-state index in [1.165, 1.54) is 0 Å². The molecule has 0 aromatic carbocycles. The lowest BCUT2D eigenvalue weighted by Gasteiger charge is -1.97. The van der Waals surface area contributed by atoms with Gasteiger partial charge in [-0.3, -0.25) is 0 Å². The highest BCUT2D eigenvalue weighted by atomic mass is 15.1. The molecule has 0 atom stereocenters. The van der Waals surface area contributed by atoms with Crippen molar-refractivity contribution in [3.8, 4) is 0 Å². The van der Waals surface area contributed by atoms with E-state index in [1.54, 1.807) is 12.3 Å². The molecule has 0 bridgehead atoms. The normalized spacial score (nSPS) is 9.64. The molecule has 0 aliphatic rings. The zero-order valence-corrected chi connectivity index (χ0v) is 6.96. The Bertz CT molecular complexity index is 295. The zero-order chi connectivity index (χ0) is 8.43.